The standard InChI is InChI=1S/C15H22O3/c1-14(2)5-10-12(6-14)15(3,17)4-9-7-18-8-11(9)13(10)16/h7-8,10,12-13,16-17H,4-6H2,1-3H3/t10-,12+,13-,15-/m0/s1. The molecule has 2 aliphatic rings. The van der Waals surface area contributed by atoms with E-state index in [9.17, 15) is 10.2 Å². The van der Waals surface area contributed by atoms with Crippen molar-refractivity contribution >= 4 is 0 Å². The van der Waals surface area contributed by atoms with Gasteiger partial charge in [-0.2, -0.15) is 0 Å². The molecule has 0 radical (unpaired) electrons. The molecule has 1 saturated carbocycles. The Balaban J connectivity index is 2.06. The Kier molecular flexibility index (Phi) is 2.46. The molecule has 3 heteroatoms. The molecule has 100 valence electrons. The first kappa shape index (κ1) is 12.2. The van der Waals surface area contributed by atoms with Crippen LogP contribution in [0.15, 0.2) is 16.9 Å². The van der Waals surface area contributed by atoms with Gasteiger partial charge < -0.3 is 14.6 Å². The number of aliphatic hydroxyl groups is 2. The molecule has 0 bridgehead atoms. The highest BCUT2D eigenvalue weighted by Crippen LogP contribution is 2.56. The summed E-state index contributed by atoms with van der Waals surface area (Å²) in [6, 6.07) is 0. The first-order valence-corrected chi connectivity index (χ1v) is 6.76. The van der Waals surface area contributed by atoms with Crippen molar-refractivity contribution in [2.75, 3.05) is 0 Å². The molecule has 18 heavy (non-hydrogen) atoms. The molecule has 3 rings (SSSR count). The van der Waals surface area contributed by atoms with Gasteiger partial charge in [-0.3, -0.25) is 0 Å². The summed E-state index contributed by atoms with van der Waals surface area (Å²) in [4.78, 5) is 0. The zero-order valence-electron chi connectivity index (χ0n) is 11.3. The Labute approximate surface area is 108 Å². The fourth-order valence-corrected chi connectivity index (χ4v) is 4.11. The van der Waals surface area contributed by atoms with Gasteiger partial charge in [0.2, 0.25) is 0 Å². The highest BCUT2D eigenvalue weighted by Gasteiger charge is 2.52. The van der Waals surface area contributed by atoms with Crippen molar-refractivity contribution in [1.82, 2.24) is 0 Å². The van der Waals surface area contributed by atoms with Gasteiger partial charge in [-0.15, -0.1) is 0 Å². The molecule has 2 aliphatic carbocycles. The zero-order chi connectivity index (χ0) is 13.1. The first-order valence-electron chi connectivity index (χ1n) is 6.76. The summed E-state index contributed by atoms with van der Waals surface area (Å²) in [6.07, 6.45) is 5.32. The van der Waals surface area contributed by atoms with E-state index < -0.39 is 11.7 Å². The van der Waals surface area contributed by atoms with E-state index in [0.29, 0.717) is 6.42 Å². The number of hydrogen-bond acceptors (Lipinski definition) is 3. The second-order valence-electron chi connectivity index (χ2n) is 7.17. The molecule has 1 aromatic rings. The summed E-state index contributed by atoms with van der Waals surface area (Å²) in [5.74, 6) is 0.295. The van der Waals surface area contributed by atoms with Crippen LogP contribution in [0, 0.1) is 17.3 Å². The van der Waals surface area contributed by atoms with Crippen LogP contribution in [0.3, 0.4) is 0 Å². The third-order valence-corrected chi connectivity index (χ3v) is 4.93. The number of aliphatic hydroxyl groups excluding tert-OH is 1. The van der Waals surface area contributed by atoms with Gasteiger partial charge in [0.1, 0.15) is 0 Å². The van der Waals surface area contributed by atoms with Gasteiger partial charge in [-0.05, 0) is 42.6 Å². The van der Waals surface area contributed by atoms with Gasteiger partial charge in [0.25, 0.3) is 0 Å². The van der Waals surface area contributed by atoms with Gasteiger partial charge in [0, 0.05) is 12.0 Å². The van der Waals surface area contributed by atoms with E-state index in [-0.39, 0.29) is 17.3 Å². The molecule has 0 aliphatic heterocycles. The zero-order valence-corrected chi connectivity index (χ0v) is 11.3. The summed E-state index contributed by atoms with van der Waals surface area (Å²) in [6.45, 7) is 6.35. The lowest BCUT2D eigenvalue weighted by atomic mass is 9.78. The molecule has 1 fully saturated rings. The van der Waals surface area contributed by atoms with Gasteiger partial charge in [0.05, 0.1) is 24.2 Å². The quantitative estimate of drug-likeness (QED) is 0.744. The first-order chi connectivity index (χ1) is 8.30. The molecule has 1 heterocycles. The summed E-state index contributed by atoms with van der Waals surface area (Å²) in [5, 5.41) is 21.4. The Morgan fingerprint density at radius 3 is 2.67 bits per heavy atom. The largest absolute Gasteiger partial charge is 0.472 e. The lowest BCUT2D eigenvalue weighted by Crippen LogP contribution is -2.38. The van der Waals surface area contributed by atoms with Crippen LogP contribution in [0.5, 0.6) is 0 Å². The van der Waals surface area contributed by atoms with Crippen LogP contribution in [0.4, 0.5) is 0 Å². The van der Waals surface area contributed by atoms with Crippen LogP contribution >= 0.6 is 0 Å². The Bertz CT molecular complexity index is 458. The predicted octanol–water partition coefficient (Wildman–Crippen LogP) is 2.67. The van der Waals surface area contributed by atoms with Crippen molar-refractivity contribution in [3.05, 3.63) is 23.7 Å². The molecule has 0 spiro atoms. The monoisotopic (exact) mass is 250 g/mol. The van der Waals surface area contributed by atoms with Gasteiger partial charge >= 0.3 is 0 Å². The average molecular weight is 250 g/mol. The molecular weight excluding hydrogens is 228 g/mol. The Morgan fingerprint density at radius 2 is 1.94 bits per heavy atom. The normalized spacial score (nSPS) is 42.2. The van der Waals surface area contributed by atoms with Crippen molar-refractivity contribution in [3.8, 4) is 0 Å². The van der Waals surface area contributed by atoms with Crippen molar-refractivity contribution < 1.29 is 14.6 Å². The third-order valence-electron chi connectivity index (χ3n) is 4.93. The Morgan fingerprint density at radius 1 is 1.22 bits per heavy atom. The topological polar surface area (TPSA) is 53.6 Å². The van der Waals surface area contributed by atoms with Crippen molar-refractivity contribution in [2.45, 2.75) is 51.7 Å². The molecule has 3 nitrogen and oxygen atoms in total. The SMILES string of the molecule is CC1(C)C[C@@H]2[C@H](O)c3cocc3C[C@](C)(O)[C@@H]2C1. The maximum Gasteiger partial charge on any atom is 0.0963 e. The average Bonchev–Trinajstić information content (AvgIpc) is 2.79. The fourth-order valence-electron chi connectivity index (χ4n) is 4.11. The second-order valence-corrected chi connectivity index (χ2v) is 7.17. The summed E-state index contributed by atoms with van der Waals surface area (Å²) >= 11 is 0. The minimum atomic E-state index is -0.755. The Hall–Kier alpha value is -0.800. The molecule has 0 amide bonds. The maximum absolute atomic E-state index is 10.8. The van der Waals surface area contributed by atoms with E-state index in [1.54, 1.807) is 12.5 Å². The smallest absolute Gasteiger partial charge is 0.0963 e. The van der Waals surface area contributed by atoms with Crippen LogP contribution in [0.1, 0.15) is 50.8 Å². The lowest BCUT2D eigenvalue weighted by Gasteiger charge is -2.33. The van der Waals surface area contributed by atoms with Crippen molar-refractivity contribution in [1.29, 1.82) is 0 Å². The van der Waals surface area contributed by atoms with Crippen molar-refractivity contribution in [2.24, 2.45) is 17.3 Å². The van der Waals surface area contributed by atoms with Gasteiger partial charge in [-0.25, -0.2) is 0 Å². The summed E-state index contributed by atoms with van der Waals surface area (Å²) in [5.41, 5.74) is 1.27. The maximum atomic E-state index is 10.8. The van der Waals surface area contributed by atoms with E-state index in [1.165, 1.54) is 0 Å². The van der Waals surface area contributed by atoms with Crippen LogP contribution in [-0.2, 0) is 6.42 Å². The summed E-state index contributed by atoms with van der Waals surface area (Å²) < 4.78 is 5.22. The molecule has 0 saturated heterocycles. The fraction of sp³-hybridized carbons (Fsp3) is 0.733. The minimum Gasteiger partial charge on any atom is -0.472 e. The molecule has 0 aromatic carbocycles. The molecule has 2 N–H and O–H groups in total. The molecular formula is C15H22O3. The molecule has 1 aromatic heterocycles. The van der Waals surface area contributed by atoms with E-state index >= 15 is 0 Å². The number of hydrogen-bond donors (Lipinski definition) is 2. The van der Waals surface area contributed by atoms with Gasteiger partial charge in [-0.1, -0.05) is 13.8 Å². The lowest BCUT2D eigenvalue weighted by molar-refractivity contribution is -0.0392. The summed E-state index contributed by atoms with van der Waals surface area (Å²) in [7, 11) is 0. The highest BCUT2D eigenvalue weighted by atomic mass is 16.3. The predicted molar refractivity (Wildman–Crippen MR) is 68.0 cm³/mol. The number of fused-ring (bicyclic) bond motifs is 2. The molecule has 4 atom stereocenters. The highest BCUT2D eigenvalue weighted by molar-refractivity contribution is 5.29. The molecule has 0 unspecified atom stereocenters. The van der Waals surface area contributed by atoms with Crippen LogP contribution in [-0.4, -0.2) is 15.8 Å². The van der Waals surface area contributed by atoms with E-state index in [1.807, 2.05) is 6.92 Å². The third kappa shape index (κ3) is 1.72. The van der Waals surface area contributed by atoms with Crippen molar-refractivity contribution in [3.63, 3.8) is 0 Å². The van der Waals surface area contributed by atoms with Crippen LogP contribution in [0.2, 0.25) is 0 Å². The number of rotatable bonds is 0. The van der Waals surface area contributed by atoms with Gasteiger partial charge in [0.15, 0.2) is 0 Å². The van der Waals surface area contributed by atoms with Crippen LogP contribution in [0.25, 0.3) is 0 Å². The van der Waals surface area contributed by atoms with E-state index in [4.69, 9.17) is 4.42 Å². The van der Waals surface area contributed by atoms with E-state index in [2.05, 4.69) is 13.8 Å². The second kappa shape index (κ2) is 3.61. The minimum absolute atomic E-state index is 0.133. The number of furan rings is 1. The van der Waals surface area contributed by atoms with Crippen LogP contribution < -0.4 is 0 Å². The van der Waals surface area contributed by atoms with E-state index in [0.717, 1.165) is 24.0 Å².